The molecule has 3 heterocycles. The second kappa shape index (κ2) is 17.0. The minimum absolute atomic E-state index is 0.0242. The Bertz CT molecular complexity index is 3530. The van der Waals surface area contributed by atoms with Gasteiger partial charge >= 0.3 is 0 Å². The third-order valence-corrected chi connectivity index (χ3v) is 17.7. The monoisotopic (exact) mass is 960 g/mol. The highest BCUT2D eigenvalue weighted by atomic mass is 15.3. The Morgan fingerprint density at radius 3 is 1.49 bits per heavy atom. The molecule has 2 unspecified atom stereocenters. The number of nitrogens with zero attached hydrogens (tertiary/aromatic N) is 3. The van der Waals surface area contributed by atoms with Crippen LogP contribution in [0.3, 0.4) is 0 Å². The zero-order valence-corrected chi connectivity index (χ0v) is 44.4. The van der Waals surface area contributed by atoms with Crippen LogP contribution in [0.1, 0.15) is 97.8 Å². The van der Waals surface area contributed by atoms with Gasteiger partial charge < -0.3 is 14.7 Å². The van der Waals surface area contributed by atoms with Crippen LogP contribution >= 0.6 is 0 Å². The Labute approximate surface area is 440 Å². The van der Waals surface area contributed by atoms with Crippen molar-refractivity contribution >= 4 is 68.6 Å². The molecule has 4 heteroatoms. The van der Waals surface area contributed by atoms with Gasteiger partial charge in [-0.1, -0.05) is 207 Å². The summed E-state index contributed by atoms with van der Waals surface area (Å²) >= 11 is 0. The van der Waals surface area contributed by atoms with E-state index in [0.29, 0.717) is 0 Å². The summed E-state index contributed by atoms with van der Waals surface area (Å²) in [4.78, 5) is 8.02. The van der Waals surface area contributed by atoms with Crippen LogP contribution < -0.4 is 31.1 Å². The molecule has 0 saturated heterocycles. The molecule has 0 aromatic heterocycles. The van der Waals surface area contributed by atoms with Crippen molar-refractivity contribution in [3.05, 3.63) is 223 Å². The van der Waals surface area contributed by atoms with Crippen molar-refractivity contribution in [3.8, 4) is 33.4 Å². The lowest BCUT2D eigenvalue weighted by Crippen LogP contribution is -2.64. The van der Waals surface area contributed by atoms with E-state index in [1.165, 1.54) is 102 Å². The van der Waals surface area contributed by atoms with E-state index in [0.717, 1.165) is 35.6 Å². The second-order valence-electron chi connectivity index (χ2n) is 24.1. The second-order valence-corrected chi connectivity index (χ2v) is 24.1. The molecule has 2 atom stereocenters. The van der Waals surface area contributed by atoms with Crippen LogP contribution in [0.25, 0.3) is 33.4 Å². The lowest BCUT2D eigenvalue weighted by atomic mass is 9.33. The van der Waals surface area contributed by atoms with E-state index in [9.17, 15) is 0 Å². The molecular formula is C70H66BN3. The van der Waals surface area contributed by atoms with E-state index in [4.69, 9.17) is 0 Å². The van der Waals surface area contributed by atoms with Crippen LogP contribution in [0.2, 0.25) is 0 Å². The van der Waals surface area contributed by atoms with Crippen molar-refractivity contribution < 1.29 is 0 Å². The van der Waals surface area contributed by atoms with E-state index in [1.807, 2.05) is 0 Å². The topological polar surface area (TPSA) is 9.72 Å². The zero-order chi connectivity index (χ0) is 50.7. The van der Waals surface area contributed by atoms with Crippen molar-refractivity contribution in [2.75, 3.05) is 14.7 Å². The molecule has 3 aliphatic heterocycles. The van der Waals surface area contributed by atoms with Gasteiger partial charge in [0.1, 0.15) is 0 Å². The summed E-state index contributed by atoms with van der Waals surface area (Å²) in [5.41, 5.74) is 25.3. The predicted octanol–water partition coefficient (Wildman–Crippen LogP) is 17.1. The maximum Gasteiger partial charge on any atom is 0.252 e. The Morgan fingerprint density at radius 2 is 0.919 bits per heavy atom. The van der Waals surface area contributed by atoms with Gasteiger partial charge in [0.05, 0.1) is 11.2 Å². The number of hydrogen-bond acceptors (Lipinski definition) is 3. The maximum absolute atomic E-state index is 2.89. The van der Waals surface area contributed by atoms with E-state index in [2.05, 4.69) is 276 Å². The smallest absolute Gasteiger partial charge is 0.252 e. The number of benzene rings is 9. The molecule has 364 valence electrons. The van der Waals surface area contributed by atoms with Crippen molar-refractivity contribution in [1.82, 2.24) is 0 Å². The summed E-state index contributed by atoms with van der Waals surface area (Å²) in [7, 11) is 0. The number of rotatable bonds is 7. The summed E-state index contributed by atoms with van der Waals surface area (Å²) in [5.74, 6) is 0. The Balaban J connectivity index is 1.14. The molecule has 9 aromatic carbocycles. The Kier molecular flexibility index (Phi) is 10.6. The number of fused-ring (bicyclic) bond motifs is 7. The molecule has 1 fully saturated rings. The summed E-state index contributed by atoms with van der Waals surface area (Å²) in [6, 6.07) is 78.6. The molecule has 0 amide bonds. The molecule has 0 bridgehead atoms. The van der Waals surface area contributed by atoms with Gasteiger partial charge in [-0.15, -0.1) is 0 Å². The molecule has 1 aliphatic carbocycles. The third kappa shape index (κ3) is 7.23. The highest BCUT2D eigenvalue weighted by Crippen LogP contribution is 2.63. The molecule has 0 spiro atoms. The van der Waals surface area contributed by atoms with Crippen LogP contribution in [-0.2, 0) is 16.2 Å². The van der Waals surface area contributed by atoms with Crippen molar-refractivity contribution in [2.45, 2.75) is 103 Å². The van der Waals surface area contributed by atoms with Gasteiger partial charge in [-0.2, -0.15) is 0 Å². The molecule has 74 heavy (non-hydrogen) atoms. The van der Waals surface area contributed by atoms with Crippen LogP contribution in [0.4, 0.5) is 45.5 Å². The molecule has 3 nitrogen and oxygen atoms in total. The fourth-order valence-corrected chi connectivity index (χ4v) is 13.4. The van der Waals surface area contributed by atoms with E-state index in [-0.39, 0.29) is 28.5 Å². The lowest BCUT2D eigenvalue weighted by molar-refractivity contribution is 0.195. The van der Waals surface area contributed by atoms with Gasteiger partial charge in [0.15, 0.2) is 0 Å². The molecule has 9 aromatic rings. The van der Waals surface area contributed by atoms with Crippen molar-refractivity contribution in [2.24, 2.45) is 0 Å². The number of anilines is 8. The Hall–Kier alpha value is -7.56. The molecule has 0 radical (unpaired) electrons. The summed E-state index contributed by atoms with van der Waals surface area (Å²) in [5, 5.41) is 0. The molecule has 4 aliphatic rings. The van der Waals surface area contributed by atoms with Crippen LogP contribution in [-0.4, -0.2) is 12.3 Å². The van der Waals surface area contributed by atoms with Crippen molar-refractivity contribution in [1.29, 1.82) is 0 Å². The summed E-state index contributed by atoms with van der Waals surface area (Å²) in [6.07, 6.45) is 4.70. The third-order valence-electron chi connectivity index (χ3n) is 17.7. The van der Waals surface area contributed by atoms with Gasteiger partial charge in [-0.05, 0) is 158 Å². The van der Waals surface area contributed by atoms with Crippen LogP contribution in [0, 0.1) is 0 Å². The summed E-state index contributed by atoms with van der Waals surface area (Å²) in [6.45, 7) is 19.0. The number of hydrogen-bond donors (Lipinski definition) is 0. The fraction of sp³-hybridized carbons (Fsp3) is 0.229. The minimum atomic E-state index is -0.170. The minimum Gasteiger partial charge on any atom is -0.335 e. The van der Waals surface area contributed by atoms with Crippen molar-refractivity contribution in [3.63, 3.8) is 0 Å². The first kappa shape index (κ1) is 46.2. The van der Waals surface area contributed by atoms with Gasteiger partial charge in [-0.25, -0.2) is 0 Å². The lowest BCUT2D eigenvalue weighted by Gasteiger charge is -2.53. The molecule has 0 N–H and O–H groups in total. The van der Waals surface area contributed by atoms with Gasteiger partial charge in [-0.3, -0.25) is 0 Å². The molecule has 13 rings (SSSR count). The van der Waals surface area contributed by atoms with Gasteiger partial charge in [0, 0.05) is 45.2 Å². The van der Waals surface area contributed by atoms with Crippen LogP contribution in [0.15, 0.2) is 206 Å². The fourth-order valence-electron chi connectivity index (χ4n) is 13.4. The maximum atomic E-state index is 2.89. The SMILES string of the molecule is CC(C)(C)c1ccc(N(c2ccc(C(C)(C)C)cc2)c2cc3c4c(c2)N2c5c(cc(-c6ccccc6)cc5C5(C)CCCCC25C)B4c2cc(-c4ccccc4)ccc2N3c2ccc(-c3ccccc3)cc2)cc1. The van der Waals surface area contributed by atoms with E-state index >= 15 is 0 Å². The zero-order valence-electron chi connectivity index (χ0n) is 44.4. The van der Waals surface area contributed by atoms with Gasteiger partial charge in [0.25, 0.3) is 6.71 Å². The standard InChI is InChI=1S/C70H66BN3/c1-67(2,3)53-29-35-55(36-30-53)72(56-37-31-54(32-38-56)68(4,5)6)58-45-63-65-64(46-58)74-66-59(69(7)40-18-19-41-70(69,74)8)42-52(49-24-16-11-17-25-49)44-61(66)71(65)60-43-51(48-22-14-10-15-23-48)28-39-62(60)73(63)57-33-26-50(27-34-57)47-20-12-9-13-21-47/h9-17,20-39,42-46H,18-19,40-41H2,1-8H3. The van der Waals surface area contributed by atoms with E-state index < -0.39 is 0 Å². The molecular weight excluding hydrogens is 894 g/mol. The summed E-state index contributed by atoms with van der Waals surface area (Å²) < 4.78 is 0. The average molecular weight is 960 g/mol. The predicted molar refractivity (Wildman–Crippen MR) is 317 cm³/mol. The Morgan fingerprint density at radius 1 is 0.432 bits per heavy atom. The first-order chi connectivity index (χ1) is 35.7. The first-order valence-corrected chi connectivity index (χ1v) is 27.1. The van der Waals surface area contributed by atoms with Gasteiger partial charge in [0.2, 0.25) is 0 Å². The average Bonchev–Trinajstić information content (AvgIpc) is 3.69. The first-order valence-electron chi connectivity index (χ1n) is 27.1. The van der Waals surface area contributed by atoms with Crippen LogP contribution in [0.5, 0.6) is 0 Å². The highest BCUT2D eigenvalue weighted by molar-refractivity contribution is 7.00. The van der Waals surface area contributed by atoms with E-state index in [1.54, 1.807) is 0 Å². The highest BCUT2D eigenvalue weighted by Gasteiger charge is 2.61. The normalized spacial score (nSPS) is 18.4. The quantitative estimate of drug-likeness (QED) is 0.147. The largest absolute Gasteiger partial charge is 0.335 e. The molecule has 1 saturated carbocycles.